The predicted octanol–water partition coefficient (Wildman–Crippen LogP) is -1.52. The number of esters is 1. The number of hydrogen-bond donors (Lipinski definition) is 4. The highest BCUT2D eigenvalue weighted by Gasteiger charge is 2.86. The predicted molar refractivity (Wildman–Crippen MR) is 71.5 cm³/mol. The molecule has 7 nitrogen and oxygen atoms in total. The summed E-state index contributed by atoms with van der Waals surface area (Å²) in [5.74, 6) is -2.20. The van der Waals surface area contributed by atoms with E-state index >= 15 is 0 Å². The lowest BCUT2D eigenvalue weighted by Gasteiger charge is -2.40. The van der Waals surface area contributed by atoms with Gasteiger partial charge in [0.15, 0.2) is 0 Å². The third-order valence-electron chi connectivity index (χ3n) is 6.12. The number of ether oxygens (including phenoxy) is 2. The summed E-state index contributed by atoms with van der Waals surface area (Å²) in [6.07, 6.45) is -3.94. The van der Waals surface area contributed by atoms with Crippen molar-refractivity contribution in [2.45, 2.75) is 61.5 Å². The first kappa shape index (κ1) is 14.6. The zero-order valence-corrected chi connectivity index (χ0v) is 12.4. The highest BCUT2D eigenvalue weighted by Crippen LogP contribution is 2.68. The highest BCUT2D eigenvalue weighted by molar-refractivity contribution is 5.91. The molecule has 4 N–H and O–H groups in total. The van der Waals surface area contributed by atoms with Crippen LogP contribution in [0.3, 0.4) is 0 Å². The average molecular weight is 312 g/mol. The molecule has 2 heterocycles. The number of aliphatic hydroxyl groups is 4. The van der Waals surface area contributed by atoms with Crippen molar-refractivity contribution in [2.75, 3.05) is 0 Å². The first-order valence-corrected chi connectivity index (χ1v) is 7.44. The lowest BCUT2D eigenvalue weighted by molar-refractivity contribution is -0.178. The molecule has 4 fully saturated rings. The van der Waals surface area contributed by atoms with Gasteiger partial charge in [0.2, 0.25) is 0 Å². The molecule has 0 aromatic heterocycles. The number of hydrogen-bond acceptors (Lipinski definition) is 7. The van der Waals surface area contributed by atoms with Crippen LogP contribution < -0.4 is 0 Å². The Hall–Kier alpha value is -0.990. The zero-order chi connectivity index (χ0) is 16.2. The number of fused-ring (bicyclic) bond motifs is 2. The Bertz CT molecular complexity index is 582. The maximum Gasteiger partial charge on any atom is 0.334 e. The molecule has 2 aliphatic carbocycles. The van der Waals surface area contributed by atoms with Gasteiger partial charge in [0, 0.05) is 12.0 Å². The van der Waals surface area contributed by atoms with E-state index in [4.69, 9.17) is 9.47 Å². The summed E-state index contributed by atoms with van der Waals surface area (Å²) >= 11 is 0. The SMILES string of the molecule is C=C1C(=O)OC2C1C(O)CC(C)(O)C13OC1C(O)C(C)(O)C23. The molecular weight excluding hydrogens is 292 g/mol. The smallest absolute Gasteiger partial charge is 0.334 e. The minimum atomic E-state index is -1.61. The maximum atomic E-state index is 11.9. The summed E-state index contributed by atoms with van der Waals surface area (Å²) in [4.78, 5) is 11.9. The Balaban J connectivity index is 1.90. The van der Waals surface area contributed by atoms with Crippen LogP contribution in [0, 0.1) is 11.8 Å². The van der Waals surface area contributed by atoms with Crippen molar-refractivity contribution in [2.24, 2.45) is 11.8 Å². The first-order valence-electron chi connectivity index (χ1n) is 7.44. The summed E-state index contributed by atoms with van der Waals surface area (Å²) in [5, 5.41) is 42.4. The van der Waals surface area contributed by atoms with Gasteiger partial charge in [-0.2, -0.15) is 0 Å². The van der Waals surface area contributed by atoms with Crippen molar-refractivity contribution in [3.05, 3.63) is 12.2 Å². The lowest BCUT2D eigenvalue weighted by Crippen LogP contribution is -2.56. The molecule has 4 rings (SSSR count). The second kappa shape index (κ2) is 3.73. The Kier molecular flexibility index (Phi) is 2.48. The fourth-order valence-electron chi connectivity index (χ4n) is 5.02. The van der Waals surface area contributed by atoms with Crippen LogP contribution in [0.15, 0.2) is 12.2 Å². The van der Waals surface area contributed by atoms with Crippen LogP contribution >= 0.6 is 0 Å². The normalized spacial score (nSPS) is 62.8. The van der Waals surface area contributed by atoms with E-state index in [0.717, 1.165) is 0 Å². The Labute approximate surface area is 127 Å². The average Bonchev–Trinajstić information content (AvgIpc) is 3.02. The van der Waals surface area contributed by atoms with Crippen LogP contribution in [0.4, 0.5) is 0 Å². The van der Waals surface area contributed by atoms with E-state index in [2.05, 4.69) is 6.58 Å². The molecule has 1 spiro atoms. The Morgan fingerprint density at radius 3 is 2.55 bits per heavy atom. The molecule has 7 heteroatoms. The van der Waals surface area contributed by atoms with Gasteiger partial charge in [0.1, 0.15) is 23.9 Å². The number of epoxide rings is 1. The highest BCUT2D eigenvalue weighted by atomic mass is 16.7. The molecule has 9 atom stereocenters. The topological polar surface area (TPSA) is 120 Å². The quantitative estimate of drug-likeness (QED) is 0.243. The summed E-state index contributed by atoms with van der Waals surface area (Å²) in [6.45, 7) is 6.64. The van der Waals surface area contributed by atoms with Crippen molar-refractivity contribution in [1.82, 2.24) is 0 Å². The molecule has 0 amide bonds. The molecule has 2 saturated heterocycles. The largest absolute Gasteiger partial charge is 0.458 e. The number of aliphatic hydroxyl groups excluding tert-OH is 2. The molecule has 22 heavy (non-hydrogen) atoms. The summed E-state index contributed by atoms with van der Waals surface area (Å²) in [7, 11) is 0. The van der Waals surface area contributed by atoms with Crippen molar-refractivity contribution in [3.63, 3.8) is 0 Å². The monoisotopic (exact) mass is 312 g/mol. The van der Waals surface area contributed by atoms with Gasteiger partial charge in [-0.1, -0.05) is 6.58 Å². The maximum absolute atomic E-state index is 11.9. The Morgan fingerprint density at radius 1 is 1.27 bits per heavy atom. The second-order valence-corrected chi connectivity index (χ2v) is 7.45. The Morgan fingerprint density at radius 2 is 1.91 bits per heavy atom. The number of carbonyl (C=O) groups excluding carboxylic acids is 1. The van der Waals surface area contributed by atoms with Gasteiger partial charge in [-0.15, -0.1) is 0 Å². The summed E-state index contributed by atoms with van der Waals surface area (Å²) < 4.78 is 11.0. The van der Waals surface area contributed by atoms with E-state index in [-0.39, 0.29) is 12.0 Å². The molecular formula is C15H20O7. The zero-order valence-electron chi connectivity index (χ0n) is 12.4. The van der Waals surface area contributed by atoms with E-state index < -0.39 is 59.0 Å². The fraction of sp³-hybridized carbons (Fsp3) is 0.800. The van der Waals surface area contributed by atoms with E-state index in [1.165, 1.54) is 13.8 Å². The number of rotatable bonds is 0. The van der Waals surface area contributed by atoms with Crippen molar-refractivity contribution < 1.29 is 34.7 Å². The van der Waals surface area contributed by atoms with Gasteiger partial charge in [0.05, 0.1) is 29.1 Å². The molecule has 2 aliphatic heterocycles. The van der Waals surface area contributed by atoms with Crippen LogP contribution in [0.1, 0.15) is 20.3 Å². The van der Waals surface area contributed by atoms with Crippen molar-refractivity contribution >= 4 is 5.97 Å². The van der Waals surface area contributed by atoms with Gasteiger partial charge in [-0.3, -0.25) is 0 Å². The fourth-order valence-corrected chi connectivity index (χ4v) is 5.02. The molecule has 0 aromatic carbocycles. The van der Waals surface area contributed by atoms with Gasteiger partial charge in [0.25, 0.3) is 0 Å². The van der Waals surface area contributed by atoms with Gasteiger partial charge in [-0.25, -0.2) is 4.79 Å². The van der Waals surface area contributed by atoms with E-state index in [1.807, 2.05) is 0 Å². The lowest BCUT2D eigenvalue weighted by atomic mass is 9.73. The van der Waals surface area contributed by atoms with Gasteiger partial charge >= 0.3 is 5.97 Å². The molecule has 4 aliphatic rings. The van der Waals surface area contributed by atoms with Crippen LogP contribution in [-0.2, 0) is 14.3 Å². The second-order valence-electron chi connectivity index (χ2n) is 7.45. The third-order valence-corrected chi connectivity index (χ3v) is 6.12. The van der Waals surface area contributed by atoms with Crippen molar-refractivity contribution in [3.8, 4) is 0 Å². The van der Waals surface area contributed by atoms with Crippen LogP contribution in [0.5, 0.6) is 0 Å². The van der Waals surface area contributed by atoms with E-state index in [1.54, 1.807) is 0 Å². The molecule has 122 valence electrons. The third kappa shape index (κ3) is 1.33. The van der Waals surface area contributed by atoms with Crippen LogP contribution in [0.25, 0.3) is 0 Å². The molecule has 9 unspecified atom stereocenters. The molecule has 0 aromatic rings. The van der Waals surface area contributed by atoms with Crippen LogP contribution in [0.2, 0.25) is 0 Å². The number of carbonyl (C=O) groups is 1. The molecule has 2 saturated carbocycles. The van der Waals surface area contributed by atoms with Gasteiger partial charge in [-0.05, 0) is 13.8 Å². The minimum absolute atomic E-state index is 0.0559. The van der Waals surface area contributed by atoms with Crippen molar-refractivity contribution in [1.29, 1.82) is 0 Å². The first-order chi connectivity index (χ1) is 10.1. The summed E-state index contributed by atoms with van der Waals surface area (Å²) in [5.41, 5.74) is -4.19. The van der Waals surface area contributed by atoms with Crippen LogP contribution in [-0.4, -0.2) is 67.6 Å². The standard InChI is InChI=1S/C15H20O7/c1-5-7-6(16)4-13(2,19)15-9(8(7)21-12(5)18)14(3,20)10(17)11(15)22-15/h6-11,16-17,19-20H,1,4H2,2-3H3. The van der Waals surface area contributed by atoms with E-state index in [9.17, 15) is 25.2 Å². The van der Waals surface area contributed by atoms with Gasteiger partial charge < -0.3 is 29.9 Å². The minimum Gasteiger partial charge on any atom is -0.458 e. The summed E-state index contributed by atoms with van der Waals surface area (Å²) in [6, 6.07) is 0. The van der Waals surface area contributed by atoms with E-state index in [0.29, 0.717) is 0 Å². The molecule has 0 bridgehead atoms. The molecule has 0 radical (unpaired) electrons.